The molecular weight excluding hydrogens is 664 g/mol. The number of nitrogens with one attached hydrogen (secondary N) is 2. The van der Waals surface area contributed by atoms with Gasteiger partial charge in [0.2, 0.25) is 11.9 Å². The molecule has 1 atom stereocenters. The topological polar surface area (TPSA) is 194 Å². The molecule has 0 unspecified atom stereocenters. The fraction of sp³-hybridized carbons (Fsp3) is 0.459. The molecule has 6 rings (SSSR count). The van der Waals surface area contributed by atoms with E-state index >= 15 is 0 Å². The summed E-state index contributed by atoms with van der Waals surface area (Å²) in [5.41, 5.74) is 9.74. The number of morpholine rings is 1. The van der Waals surface area contributed by atoms with E-state index in [1.807, 2.05) is 45.0 Å². The zero-order valence-corrected chi connectivity index (χ0v) is 29.8. The SMILES string of the molecule is CC(C)(C)OC(=O)NC[C@H]1CC[C@H](C(=O)N(C(=O)[C@@H](N)Cc2cccc(-c3cnc(N4CCOCC4)nc3)c2)c2ccc(-c3nnn[nH]3)cc2)CC1. The number of ether oxygens (including phenoxy) is 2. The molecule has 15 nitrogen and oxygen atoms in total. The lowest BCUT2D eigenvalue weighted by atomic mass is 9.81. The molecule has 4 N–H and O–H groups in total. The predicted molar refractivity (Wildman–Crippen MR) is 194 cm³/mol. The van der Waals surface area contributed by atoms with Gasteiger partial charge in [-0.05, 0) is 105 Å². The van der Waals surface area contributed by atoms with E-state index in [2.05, 4.69) is 40.8 Å². The maximum atomic E-state index is 14.2. The summed E-state index contributed by atoms with van der Waals surface area (Å²) in [5, 5.41) is 16.8. The highest BCUT2D eigenvalue weighted by Crippen LogP contribution is 2.32. The van der Waals surface area contributed by atoms with E-state index in [-0.39, 0.29) is 24.2 Å². The molecule has 0 radical (unpaired) electrons. The van der Waals surface area contributed by atoms with Crippen molar-refractivity contribution < 1.29 is 23.9 Å². The average molecular weight is 711 g/mol. The number of aromatic amines is 1. The van der Waals surface area contributed by atoms with E-state index in [9.17, 15) is 14.4 Å². The number of alkyl carbamates (subject to hydrolysis) is 1. The molecule has 3 heterocycles. The number of tetrazole rings is 1. The lowest BCUT2D eigenvalue weighted by Gasteiger charge is -2.32. The summed E-state index contributed by atoms with van der Waals surface area (Å²) in [4.78, 5) is 53.1. The van der Waals surface area contributed by atoms with Crippen LogP contribution in [-0.4, -0.2) is 93.0 Å². The van der Waals surface area contributed by atoms with Crippen molar-refractivity contribution in [1.82, 2.24) is 35.9 Å². The van der Waals surface area contributed by atoms with E-state index in [0.717, 1.165) is 42.6 Å². The fourth-order valence-electron chi connectivity index (χ4n) is 6.53. The number of anilines is 2. The van der Waals surface area contributed by atoms with E-state index in [0.29, 0.717) is 55.6 Å². The summed E-state index contributed by atoms with van der Waals surface area (Å²) < 4.78 is 10.8. The van der Waals surface area contributed by atoms with Crippen molar-refractivity contribution in [1.29, 1.82) is 0 Å². The van der Waals surface area contributed by atoms with E-state index < -0.39 is 23.6 Å². The van der Waals surface area contributed by atoms with Crippen LogP contribution >= 0.6 is 0 Å². The van der Waals surface area contributed by atoms with Crippen LogP contribution in [0.1, 0.15) is 52.0 Å². The number of benzene rings is 2. The minimum absolute atomic E-state index is 0.200. The third-order valence-corrected chi connectivity index (χ3v) is 9.28. The van der Waals surface area contributed by atoms with Gasteiger partial charge in [-0.3, -0.25) is 9.59 Å². The molecule has 1 saturated carbocycles. The quantitative estimate of drug-likeness (QED) is 0.215. The van der Waals surface area contributed by atoms with Crippen LogP contribution in [0.15, 0.2) is 60.9 Å². The number of nitrogens with two attached hydrogens (primary N) is 1. The number of carbonyl (C=O) groups excluding carboxylic acids is 3. The summed E-state index contributed by atoms with van der Waals surface area (Å²) in [7, 11) is 0. The molecule has 0 bridgehead atoms. The van der Waals surface area contributed by atoms with Crippen molar-refractivity contribution >= 4 is 29.5 Å². The molecule has 3 amide bonds. The van der Waals surface area contributed by atoms with Crippen molar-refractivity contribution in [2.75, 3.05) is 42.6 Å². The number of imide groups is 1. The Morgan fingerprint density at radius 2 is 1.71 bits per heavy atom. The van der Waals surface area contributed by atoms with E-state index in [1.54, 1.807) is 36.7 Å². The Bertz CT molecular complexity index is 1800. The first-order valence-corrected chi connectivity index (χ1v) is 17.7. The first kappa shape index (κ1) is 36.5. The minimum atomic E-state index is -0.994. The van der Waals surface area contributed by atoms with Crippen LogP contribution in [0.3, 0.4) is 0 Å². The maximum Gasteiger partial charge on any atom is 0.407 e. The highest BCUT2D eigenvalue weighted by atomic mass is 16.6. The molecule has 2 aliphatic rings. The first-order valence-electron chi connectivity index (χ1n) is 17.7. The second-order valence-electron chi connectivity index (χ2n) is 14.3. The van der Waals surface area contributed by atoms with Crippen LogP contribution in [0, 0.1) is 11.8 Å². The number of aromatic nitrogens is 6. The Morgan fingerprint density at radius 3 is 2.37 bits per heavy atom. The molecule has 0 spiro atoms. The second kappa shape index (κ2) is 16.4. The third kappa shape index (κ3) is 9.33. The summed E-state index contributed by atoms with van der Waals surface area (Å²) in [6, 6.07) is 13.7. The predicted octanol–water partition coefficient (Wildman–Crippen LogP) is 3.92. The standard InChI is InChI=1S/C37H46N10O5/c1-37(2,3)52-36(50)41-21-24-7-9-27(10-8-24)33(48)47(30-13-11-26(12-14-30)32-42-44-45-43-32)34(49)31(38)20-25-5-4-6-28(19-25)29-22-39-35(40-23-29)46-15-17-51-18-16-46/h4-6,11-14,19,22-24,27,31H,7-10,15-18,20-21,38H2,1-3H3,(H,41,50)(H,42,43,44,45)/t24-,27-,31-/m0/s1. The number of hydrogen-bond donors (Lipinski definition) is 3. The Kier molecular flexibility index (Phi) is 11.5. The van der Waals surface area contributed by atoms with Crippen LogP contribution < -0.4 is 20.9 Å². The van der Waals surface area contributed by atoms with Gasteiger partial charge in [-0.2, -0.15) is 0 Å². The van der Waals surface area contributed by atoms with Crippen LogP contribution in [0.4, 0.5) is 16.4 Å². The molecule has 1 saturated heterocycles. The van der Waals surface area contributed by atoms with Crippen LogP contribution in [0.2, 0.25) is 0 Å². The molecule has 2 aromatic carbocycles. The number of carbonyl (C=O) groups is 3. The average Bonchev–Trinajstić information content (AvgIpc) is 3.70. The van der Waals surface area contributed by atoms with Gasteiger partial charge in [0.15, 0.2) is 5.82 Å². The molecular formula is C37H46N10O5. The first-order chi connectivity index (χ1) is 25.0. The Hall–Kier alpha value is -5.28. The smallest absolute Gasteiger partial charge is 0.407 e. The number of hydrogen-bond acceptors (Lipinski definition) is 12. The maximum absolute atomic E-state index is 14.2. The Morgan fingerprint density at radius 1 is 1.00 bits per heavy atom. The number of rotatable bonds is 10. The lowest BCUT2D eigenvalue weighted by Crippen LogP contribution is -2.50. The minimum Gasteiger partial charge on any atom is -0.444 e. The van der Waals surface area contributed by atoms with Crippen molar-refractivity contribution in [2.24, 2.45) is 17.6 Å². The van der Waals surface area contributed by atoms with Gasteiger partial charge in [-0.25, -0.2) is 24.8 Å². The van der Waals surface area contributed by atoms with E-state index in [4.69, 9.17) is 15.2 Å². The molecule has 2 fully saturated rings. The monoisotopic (exact) mass is 710 g/mol. The molecule has 15 heteroatoms. The summed E-state index contributed by atoms with van der Waals surface area (Å²) in [6.45, 7) is 8.72. The lowest BCUT2D eigenvalue weighted by molar-refractivity contribution is -0.130. The number of nitrogens with zero attached hydrogens (tertiary/aromatic N) is 7. The van der Waals surface area contributed by atoms with Gasteiger partial charge in [0.25, 0.3) is 5.91 Å². The van der Waals surface area contributed by atoms with Crippen molar-refractivity contribution in [3.05, 3.63) is 66.5 Å². The second-order valence-corrected chi connectivity index (χ2v) is 14.3. The van der Waals surface area contributed by atoms with Crippen molar-refractivity contribution in [3.63, 3.8) is 0 Å². The Labute approximate surface area is 302 Å². The van der Waals surface area contributed by atoms with Gasteiger partial charge >= 0.3 is 6.09 Å². The molecule has 4 aromatic rings. The third-order valence-electron chi connectivity index (χ3n) is 9.28. The number of amides is 3. The number of H-pyrrole nitrogens is 1. The molecule has 1 aliphatic heterocycles. The highest BCUT2D eigenvalue weighted by molar-refractivity contribution is 6.17. The molecule has 2 aromatic heterocycles. The van der Waals surface area contributed by atoms with E-state index in [1.165, 1.54) is 4.90 Å². The summed E-state index contributed by atoms with van der Waals surface area (Å²) in [5.74, 6) is 0.168. The normalized spacial score (nSPS) is 18.3. The van der Waals surface area contributed by atoms with Crippen LogP contribution in [0.25, 0.3) is 22.5 Å². The van der Waals surface area contributed by atoms with Gasteiger partial charge in [0, 0.05) is 49.1 Å². The van der Waals surface area contributed by atoms with Gasteiger partial charge in [0.1, 0.15) is 5.60 Å². The largest absolute Gasteiger partial charge is 0.444 e. The van der Waals surface area contributed by atoms with Gasteiger partial charge in [0.05, 0.1) is 24.9 Å². The van der Waals surface area contributed by atoms with Crippen LogP contribution in [-0.2, 0) is 25.5 Å². The van der Waals surface area contributed by atoms with Gasteiger partial charge in [-0.1, -0.05) is 24.3 Å². The molecule has 52 heavy (non-hydrogen) atoms. The Balaban J connectivity index is 1.14. The van der Waals surface area contributed by atoms with Gasteiger partial charge in [-0.15, -0.1) is 5.10 Å². The summed E-state index contributed by atoms with van der Waals surface area (Å²) in [6.07, 6.45) is 5.95. The van der Waals surface area contributed by atoms with Crippen molar-refractivity contribution in [2.45, 2.75) is 64.5 Å². The highest BCUT2D eigenvalue weighted by Gasteiger charge is 2.35. The fourth-order valence-corrected chi connectivity index (χ4v) is 6.53. The van der Waals surface area contributed by atoms with Crippen molar-refractivity contribution in [3.8, 4) is 22.5 Å². The summed E-state index contributed by atoms with van der Waals surface area (Å²) >= 11 is 0. The van der Waals surface area contributed by atoms with Crippen LogP contribution in [0.5, 0.6) is 0 Å². The zero-order valence-electron chi connectivity index (χ0n) is 29.8. The zero-order chi connectivity index (χ0) is 36.7. The van der Waals surface area contributed by atoms with Gasteiger partial charge < -0.3 is 25.4 Å². The molecule has 274 valence electrons. The molecule has 1 aliphatic carbocycles.